The lowest BCUT2D eigenvalue weighted by molar-refractivity contribution is -0.121. The Morgan fingerprint density at radius 1 is 1.12 bits per heavy atom. The maximum atomic E-state index is 13.5. The van der Waals surface area contributed by atoms with E-state index < -0.39 is 0 Å². The van der Waals surface area contributed by atoms with Gasteiger partial charge in [0.1, 0.15) is 11.6 Å². The van der Waals surface area contributed by atoms with Crippen molar-refractivity contribution in [3.05, 3.63) is 65.5 Å². The van der Waals surface area contributed by atoms with Gasteiger partial charge in [-0.1, -0.05) is 30.3 Å². The predicted molar refractivity (Wildman–Crippen MR) is 95.9 cm³/mol. The monoisotopic (exact) mass is 341 g/mol. The van der Waals surface area contributed by atoms with Crippen LogP contribution in [0.25, 0.3) is 0 Å². The van der Waals surface area contributed by atoms with Gasteiger partial charge in [-0.25, -0.2) is 4.39 Å². The van der Waals surface area contributed by atoms with Crippen molar-refractivity contribution in [3.63, 3.8) is 0 Å². The lowest BCUT2D eigenvalue weighted by Gasteiger charge is -2.14. The van der Waals surface area contributed by atoms with E-state index in [1.165, 1.54) is 18.9 Å². The molecule has 2 aromatic carbocycles. The van der Waals surface area contributed by atoms with Crippen molar-refractivity contribution in [2.45, 2.75) is 51.2 Å². The van der Waals surface area contributed by atoms with E-state index >= 15 is 0 Å². The van der Waals surface area contributed by atoms with Gasteiger partial charge in [-0.2, -0.15) is 0 Å². The van der Waals surface area contributed by atoms with E-state index in [0.29, 0.717) is 24.5 Å². The standard InChI is InChI=1S/C21H24FNO2/c22-20-11-4-1-7-17(20)15-23-21(24)13-12-16-6-5-10-19(14-16)25-18-8-2-3-9-18/h1,4-7,10-11,14,18H,2-3,8-9,12-13,15H2,(H,23,24). The maximum Gasteiger partial charge on any atom is 0.220 e. The summed E-state index contributed by atoms with van der Waals surface area (Å²) in [6.45, 7) is 0.219. The summed E-state index contributed by atoms with van der Waals surface area (Å²) in [5, 5.41) is 2.77. The molecule has 1 aliphatic rings. The van der Waals surface area contributed by atoms with E-state index in [1.54, 1.807) is 18.2 Å². The summed E-state index contributed by atoms with van der Waals surface area (Å²) in [7, 11) is 0. The van der Waals surface area contributed by atoms with Gasteiger partial charge in [0.25, 0.3) is 0 Å². The molecular formula is C21H24FNO2. The van der Waals surface area contributed by atoms with Crippen LogP contribution in [0.5, 0.6) is 5.75 Å². The normalized spacial score (nSPS) is 14.4. The van der Waals surface area contributed by atoms with Gasteiger partial charge >= 0.3 is 0 Å². The Morgan fingerprint density at radius 2 is 1.92 bits per heavy atom. The Labute approximate surface area is 148 Å². The highest BCUT2D eigenvalue weighted by molar-refractivity contribution is 5.76. The van der Waals surface area contributed by atoms with Crippen LogP contribution >= 0.6 is 0 Å². The summed E-state index contributed by atoms with van der Waals surface area (Å²) in [4.78, 5) is 12.0. The number of rotatable bonds is 7. The Kier molecular flexibility index (Phi) is 6.04. The van der Waals surface area contributed by atoms with Gasteiger partial charge in [0.15, 0.2) is 0 Å². The van der Waals surface area contributed by atoms with Gasteiger partial charge in [-0.15, -0.1) is 0 Å². The second kappa shape index (κ2) is 8.65. The van der Waals surface area contributed by atoms with Crippen LogP contribution in [-0.2, 0) is 17.8 Å². The van der Waals surface area contributed by atoms with E-state index in [2.05, 4.69) is 5.32 Å². The number of hydrogen-bond donors (Lipinski definition) is 1. The molecule has 1 aliphatic carbocycles. The highest BCUT2D eigenvalue weighted by Gasteiger charge is 2.16. The lowest BCUT2D eigenvalue weighted by atomic mass is 10.1. The van der Waals surface area contributed by atoms with Crippen molar-refractivity contribution >= 4 is 5.91 Å². The molecule has 1 fully saturated rings. The summed E-state index contributed by atoms with van der Waals surface area (Å²) in [5.74, 6) is 0.515. The molecule has 0 radical (unpaired) electrons. The van der Waals surface area contributed by atoms with Crippen LogP contribution in [0.15, 0.2) is 48.5 Å². The van der Waals surface area contributed by atoms with Crippen molar-refractivity contribution in [1.29, 1.82) is 0 Å². The number of nitrogens with one attached hydrogen (secondary N) is 1. The largest absolute Gasteiger partial charge is 0.490 e. The van der Waals surface area contributed by atoms with Crippen molar-refractivity contribution in [2.75, 3.05) is 0 Å². The molecule has 0 atom stereocenters. The molecule has 3 nitrogen and oxygen atoms in total. The molecule has 0 heterocycles. The third kappa shape index (κ3) is 5.31. The minimum absolute atomic E-state index is 0.0784. The summed E-state index contributed by atoms with van der Waals surface area (Å²) in [6, 6.07) is 14.4. The molecule has 0 saturated heterocycles. The smallest absolute Gasteiger partial charge is 0.220 e. The van der Waals surface area contributed by atoms with Crippen LogP contribution in [0, 0.1) is 5.82 Å². The van der Waals surface area contributed by atoms with E-state index in [0.717, 1.165) is 24.2 Å². The lowest BCUT2D eigenvalue weighted by Crippen LogP contribution is -2.23. The first-order valence-electron chi connectivity index (χ1n) is 8.96. The first-order valence-corrected chi connectivity index (χ1v) is 8.96. The van der Waals surface area contributed by atoms with Gasteiger partial charge in [0.2, 0.25) is 5.91 Å². The fourth-order valence-electron chi connectivity index (χ4n) is 3.15. The Bertz CT molecular complexity index is 711. The molecule has 0 aliphatic heterocycles. The van der Waals surface area contributed by atoms with Gasteiger partial charge < -0.3 is 10.1 Å². The van der Waals surface area contributed by atoms with Crippen LogP contribution in [0.3, 0.4) is 0 Å². The van der Waals surface area contributed by atoms with Crippen LogP contribution in [-0.4, -0.2) is 12.0 Å². The molecule has 0 aromatic heterocycles. The molecule has 0 bridgehead atoms. The molecule has 132 valence electrons. The van der Waals surface area contributed by atoms with E-state index in [9.17, 15) is 9.18 Å². The number of carbonyl (C=O) groups excluding carboxylic acids is 1. The first kappa shape index (κ1) is 17.5. The second-order valence-electron chi connectivity index (χ2n) is 6.54. The number of carbonyl (C=O) groups is 1. The molecular weight excluding hydrogens is 317 g/mol. The van der Waals surface area contributed by atoms with Gasteiger partial charge in [-0.05, 0) is 55.9 Å². The molecule has 2 aromatic rings. The predicted octanol–water partition coefficient (Wildman–Crippen LogP) is 4.40. The molecule has 1 amide bonds. The summed E-state index contributed by atoms with van der Waals surface area (Å²) < 4.78 is 19.5. The molecule has 0 unspecified atom stereocenters. The molecule has 4 heteroatoms. The fraction of sp³-hybridized carbons (Fsp3) is 0.381. The van der Waals surface area contributed by atoms with E-state index in [-0.39, 0.29) is 18.3 Å². The third-order valence-corrected chi connectivity index (χ3v) is 4.58. The number of aryl methyl sites for hydroxylation is 1. The summed E-state index contributed by atoms with van der Waals surface area (Å²) >= 11 is 0. The minimum atomic E-state index is -0.292. The molecule has 3 rings (SSSR count). The van der Waals surface area contributed by atoms with Crippen LogP contribution in [0.4, 0.5) is 4.39 Å². The van der Waals surface area contributed by atoms with Crippen LogP contribution in [0.2, 0.25) is 0 Å². The number of ether oxygens (including phenoxy) is 1. The van der Waals surface area contributed by atoms with Crippen LogP contribution < -0.4 is 10.1 Å². The van der Waals surface area contributed by atoms with E-state index in [4.69, 9.17) is 4.74 Å². The zero-order valence-electron chi connectivity index (χ0n) is 14.3. The minimum Gasteiger partial charge on any atom is -0.490 e. The fourth-order valence-corrected chi connectivity index (χ4v) is 3.15. The van der Waals surface area contributed by atoms with Crippen molar-refractivity contribution in [1.82, 2.24) is 5.32 Å². The zero-order valence-corrected chi connectivity index (χ0v) is 14.3. The van der Waals surface area contributed by atoms with Crippen molar-refractivity contribution in [2.24, 2.45) is 0 Å². The Morgan fingerprint density at radius 3 is 2.72 bits per heavy atom. The third-order valence-electron chi connectivity index (χ3n) is 4.58. The molecule has 25 heavy (non-hydrogen) atoms. The average molecular weight is 341 g/mol. The summed E-state index contributed by atoms with van der Waals surface area (Å²) in [6.07, 6.45) is 6.09. The number of hydrogen-bond acceptors (Lipinski definition) is 2. The zero-order chi connectivity index (χ0) is 17.5. The Hall–Kier alpha value is -2.36. The number of amides is 1. The molecule has 0 spiro atoms. The van der Waals surface area contributed by atoms with Crippen LogP contribution in [0.1, 0.15) is 43.2 Å². The van der Waals surface area contributed by atoms with Gasteiger partial charge in [0.05, 0.1) is 6.10 Å². The SMILES string of the molecule is O=C(CCc1cccc(OC2CCCC2)c1)NCc1ccccc1F. The second-order valence-corrected chi connectivity index (χ2v) is 6.54. The van der Waals surface area contributed by atoms with Crippen molar-refractivity contribution in [3.8, 4) is 5.75 Å². The van der Waals surface area contributed by atoms with Gasteiger partial charge in [-0.3, -0.25) is 4.79 Å². The Balaban J connectivity index is 1.46. The first-order chi connectivity index (χ1) is 12.2. The molecule has 1 N–H and O–H groups in total. The maximum absolute atomic E-state index is 13.5. The average Bonchev–Trinajstić information content (AvgIpc) is 3.12. The topological polar surface area (TPSA) is 38.3 Å². The highest BCUT2D eigenvalue weighted by atomic mass is 19.1. The van der Waals surface area contributed by atoms with E-state index in [1.807, 2.05) is 24.3 Å². The van der Waals surface area contributed by atoms with Crippen molar-refractivity contribution < 1.29 is 13.9 Å². The van der Waals surface area contributed by atoms with Gasteiger partial charge in [0, 0.05) is 18.5 Å². The highest BCUT2D eigenvalue weighted by Crippen LogP contribution is 2.24. The quantitative estimate of drug-likeness (QED) is 0.811. The molecule has 1 saturated carbocycles. The summed E-state index contributed by atoms with van der Waals surface area (Å²) in [5.41, 5.74) is 1.58. The number of halogens is 1. The number of benzene rings is 2.